The van der Waals surface area contributed by atoms with Gasteiger partial charge in [-0.3, -0.25) is 4.79 Å². The molecule has 0 saturated carbocycles. The average molecular weight is 271 g/mol. The molecular formula is C13H19ClN2O2. The molecule has 0 aliphatic carbocycles. The summed E-state index contributed by atoms with van der Waals surface area (Å²) in [4.78, 5) is 11.6. The zero-order chi connectivity index (χ0) is 12.1. The molecular weight excluding hydrogens is 252 g/mol. The fraction of sp³-hybridized carbons (Fsp3) is 0.462. The Bertz CT molecular complexity index is 398. The van der Waals surface area contributed by atoms with Crippen molar-refractivity contribution in [2.75, 3.05) is 13.2 Å². The largest absolute Gasteiger partial charge is 0.491 e. The number of ether oxygens (including phenoxy) is 1. The van der Waals surface area contributed by atoms with Crippen LogP contribution in [0, 0.1) is 0 Å². The summed E-state index contributed by atoms with van der Waals surface area (Å²) >= 11 is 0. The van der Waals surface area contributed by atoms with E-state index in [1.807, 2.05) is 24.3 Å². The van der Waals surface area contributed by atoms with Gasteiger partial charge in [0.05, 0.1) is 6.04 Å². The fourth-order valence-electron chi connectivity index (χ4n) is 1.98. The van der Waals surface area contributed by atoms with E-state index in [2.05, 4.69) is 5.32 Å². The molecule has 1 aliphatic rings. The monoisotopic (exact) mass is 270 g/mol. The molecule has 4 nitrogen and oxygen atoms in total. The third-order valence-electron chi connectivity index (χ3n) is 2.85. The highest BCUT2D eigenvalue weighted by molar-refractivity contribution is 5.85. The second-order valence-electron chi connectivity index (χ2n) is 4.28. The van der Waals surface area contributed by atoms with Gasteiger partial charge in [0.25, 0.3) is 0 Å². The number of hydrogen-bond acceptors (Lipinski definition) is 3. The van der Waals surface area contributed by atoms with E-state index in [1.165, 1.54) is 0 Å². The van der Waals surface area contributed by atoms with Crippen molar-refractivity contribution in [3.63, 3.8) is 0 Å². The first-order valence-electron chi connectivity index (χ1n) is 5.99. The molecule has 2 rings (SSSR count). The Labute approximate surface area is 113 Å². The maximum absolute atomic E-state index is 11.6. The molecule has 1 atom stereocenters. The molecule has 1 heterocycles. The molecule has 1 aromatic rings. The lowest BCUT2D eigenvalue weighted by Crippen LogP contribution is -2.42. The normalized spacial score (nSPS) is 17.1. The third kappa shape index (κ3) is 3.89. The van der Waals surface area contributed by atoms with Gasteiger partial charge in [-0.2, -0.15) is 0 Å². The highest BCUT2D eigenvalue weighted by atomic mass is 35.5. The summed E-state index contributed by atoms with van der Waals surface area (Å²) in [5, 5.41) is 2.98. The predicted molar refractivity (Wildman–Crippen MR) is 73.1 cm³/mol. The maximum atomic E-state index is 11.6. The van der Waals surface area contributed by atoms with Gasteiger partial charge in [-0.05, 0) is 31.0 Å². The van der Waals surface area contributed by atoms with Gasteiger partial charge < -0.3 is 15.8 Å². The molecule has 1 aromatic carbocycles. The minimum atomic E-state index is 0. The topological polar surface area (TPSA) is 64.4 Å². The maximum Gasteiger partial charge on any atom is 0.220 e. The van der Waals surface area contributed by atoms with Gasteiger partial charge in [0, 0.05) is 6.42 Å². The molecule has 0 bridgehead atoms. The number of carbonyl (C=O) groups excluding carboxylic acids is 1. The lowest BCUT2D eigenvalue weighted by Gasteiger charge is -2.26. The number of amides is 1. The van der Waals surface area contributed by atoms with Crippen LogP contribution in [0.15, 0.2) is 24.3 Å². The van der Waals surface area contributed by atoms with Crippen LogP contribution in [0.3, 0.4) is 0 Å². The summed E-state index contributed by atoms with van der Waals surface area (Å²) in [7, 11) is 0. The molecule has 5 heteroatoms. The molecule has 0 spiro atoms. The van der Waals surface area contributed by atoms with E-state index in [-0.39, 0.29) is 24.4 Å². The summed E-state index contributed by atoms with van der Waals surface area (Å²) in [6.07, 6.45) is 2.06. The van der Waals surface area contributed by atoms with Crippen LogP contribution in [-0.2, 0) is 11.2 Å². The van der Waals surface area contributed by atoms with Crippen molar-refractivity contribution >= 4 is 18.3 Å². The van der Waals surface area contributed by atoms with Gasteiger partial charge in [0.15, 0.2) is 0 Å². The molecule has 1 amide bonds. The van der Waals surface area contributed by atoms with Crippen molar-refractivity contribution < 1.29 is 9.53 Å². The Morgan fingerprint density at radius 1 is 1.44 bits per heavy atom. The lowest BCUT2D eigenvalue weighted by atomic mass is 10.0. The van der Waals surface area contributed by atoms with E-state index in [4.69, 9.17) is 10.5 Å². The Morgan fingerprint density at radius 2 is 2.22 bits per heavy atom. The summed E-state index contributed by atoms with van der Waals surface area (Å²) in [5.41, 5.74) is 6.52. The summed E-state index contributed by atoms with van der Waals surface area (Å²) in [5.74, 6) is 0.989. The Hall–Kier alpha value is -1.26. The van der Waals surface area contributed by atoms with E-state index in [0.29, 0.717) is 19.6 Å². The number of para-hydroxylation sites is 1. The molecule has 0 fully saturated rings. The third-order valence-corrected chi connectivity index (χ3v) is 2.85. The summed E-state index contributed by atoms with van der Waals surface area (Å²) in [6.45, 7) is 1.10. The Balaban J connectivity index is 0.00000162. The lowest BCUT2D eigenvalue weighted by molar-refractivity contribution is -0.122. The van der Waals surface area contributed by atoms with E-state index < -0.39 is 0 Å². The van der Waals surface area contributed by atoms with Gasteiger partial charge in [-0.1, -0.05) is 18.2 Å². The van der Waals surface area contributed by atoms with Crippen molar-refractivity contribution in [2.24, 2.45) is 5.73 Å². The van der Waals surface area contributed by atoms with Crippen molar-refractivity contribution in [3.05, 3.63) is 29.8 Å². The van der Waals surface area contributed by atoms with Crippen molar-refractivity contribution in [1.29, 1.82) is 0 Å². The smallest absolute Gasteiger partial charge is 0.220 e. The van der Waals surface area contributed by atoms with Gasteiger partial charge in [-0.25, -0.2) is 0 Å². The van der Waals surface area contributed by atoms with Crippen LogP contribution in [0.4, 0.5) is 0 Å². The SMILES string of the molecule is Cl.NCCCC(=O)NC1COc2ccccc2C1. The zero-order valence-electron chi connectivity index (χ0n) is 10.2. The molecule has 0 radical (unpaired) electrons. The van der Waals surface area contributed by atoms with Gasteiger partial charge in [0.1, 0.15) is 12.4 Å². The first-order chi connectivity index (χ1) is 8.29. The Kier molecular flexibility index (Phi) is 5.95. The summed E-state index contributed by atoms with van der Waals surface area (Å²) < 4.78 is 5.60. The molecule has 3 N–H and O–H groups in total. The molecule has 0 aromatic heterocycles. The second-order valence-corrected chi connectivity index (χ2v) is 4.28. The number of halogens is 1. The fourth-order valence-corrected chi connectivity index (χ4v) is 1.98. The Morgan fingerprint density at radius 3 is 3.00 bits per heavy atom. The molecule has 0 saturated heterocycles. The number of nitrogens with two attached hydrogens (primary N) is 1. The minimum absolute atomic E-state index is 0. The number of benzene rings is 1. The van der Waals surface area contributed by atoms with Crippen LogP contribution in [0.2, 0.25) is 0 Å². The van der Waals surface area contributed by atoms with Gasteiger partial charge >= 0.3 is 0 Å². The van der Waals surface area contributed by atoms with Crippen LogP contribution in [0.5, 0.6) is 5.75 Å². The minimum Gasteiger partial charge on any atom is -0.491 e. The summed E-state index contributed by atoms with van der Waals surface area (Å²) in [6, 6.07) is 8.02. The van der Waals surface area contributed by atoms with Crippen LogP contribution >= 0.6 is 12.4 Å². The zero-order valence-corrected chi connectivity index (χ0v) is 11.0. The number of carbonyl (C=O) groups is 1. The molecule has 100 valence electrons. The quantitative estimate of drug-likeness (QED) is 0.866. The van der Waals surface area contributed by atoms with E-state index in [9.17, 15) is 4.79 Å². The van der Waals surface area contributed by atoms with Crippen molar-refractivity contribution in [3.8, 4) is 5.75 Å². The molecule has 1 unspecified atom stereocenters. The standard InChI is InChI=1S/C13H18N2O2.ClH/c14-7-3-6-13(16)15-11-8-10-4-1-2-5-12(10)17-9-11;/h1-2,4-5,11H,3,6-9,14H2,(H,15,16);1H. The molecule has 18 heavy (non-hydrogen) atoms. The van der Waals surface area contributed by atoms with Crippen LogP contribution < -0.4 is 15.8 Å². The van der Waals surface area contributed by atoms with Crippen LogP contribution in [0.25, 0.3) is 0 Å². The number of rotatable bonds is 4. The highest BCUT2D eigenvalue weighted by Gasteiger charge is 2.20. The van der Waals surface area contributed by atoms with Crippen LogP contribution in [-0.4, -0.2) is 25.1 Å². The van der Waals surface area contributed by atoms with Crippen molar-refractivity contribution in [2.45, 2.75) is 25.3 Å². The van der Waals surface area contributed by atoms with Crippen molar-refractivity contribution in [1.82, 2.24) is 5.32 Å². The number of hydrogen-bond donors (Lipinski definition) is 2. The second kappa shape index (κ2) is 7.24. The van der Waals surface area contributed by atoms with Crippen LogP contribution in [0.1, 0.15) is 18.4 Å². The number of nitrogens with one attached hydrogen (secondary N) is 1. The van der Waals surface area contributed by atoms with E-state index in [1.54, 1.807) is 0 Å². The first-order valence-corrected chi connectivity index (χ1v) is 5.99. The van der Waals surface area contributed by atoms with E-state index >= 15 is 0 Å². The average Bonchev–Trinajstić information content (AvgIpc) is 2.36. The van der Waals surface area contributed by atoms with Gasteiger partial charge in [-0.15, -0.1) is 12.4 Å². The number of fused-ring (bicyclic) bond motifs is 1. The van der Waals surface area contributed by atoms with Gasteiger partial charge in [0.2, 0.25) is 5.91 Å². The molecule has 1 aliphatic heterocycles. The highest BCUT2D eigenvalue weighted by Crippen LogP contribution is 2.23. The van der Waals surface area contributed by atoms with E-state index in [0.717, 1.165) is 24.2 Å². The first kappa shape index (κ1) is 14.8. The predicted octanol–water partition coefficient (Wildman–Crippen LogP) is 1.27.